The zero-order valence-electron chi connectivity index (χ0n) is 13.8. The molecule has 0 spiro atoms. The Balaban J connectivity index is 1.52. The minimum atomic E-state index is -0.302. The van der Waals surface area contributed by atoms with Gasteiger partial charge in [-0.15, -0.1) is 0 Å². The van der Waals surface area contributed by atoms with E-state index in [4.69, 9.17) is 9.47 Å². The van der Waals surface area contributed by atoms with E-state index in [0.29, 0.717) is 38.3 Å². The van der Waals surface area contributed by atoms with Gasteiger partial charge in [0.1, 0.15) is 23.9 Å². The van der Waals surface area contributed by atoms with Crippen molar-refractivity contribution < 1.29 is 18.7 Å². The van der Waals surface area contributed by atoms with E-state index in [0.717, 1.165) is 5.75 Å². The Labute approximate surface area is 141 Å². The maximum atomic E-state index is 12.7. The van der Waals surface area contributed by atoms with Crippen LogP contribution in [0.15, 0.2) is 48.5 Å². The molecule has 2 aromatic carbocycles. The largest absolute Gasteiger partial charge is 0.494 e. The first-order valence-corrected chi connectivity index (χ1v) is 7.98. The van der Waals surface area contributed by atoms with Gasteiger partial charge in [-0.1, -0.05) is 17.7 Å². The van der Waals surface area contributed by atoms with Crippen LogP contribution in [0.2, 0.25) is 0 Å². The van der Waals surface area contributed by atoms with Crippen molar-refractivity contribution in [2.75, 3.05) is 19.8 Å². The highest BCUT2D eigenvalue weighted by atomic mass is 19.1. The molecule has 0 aliphatic rings. The van der Waals surface area contributed by atoms with Crippen molar-refractivity contribution in [1.82, 2.24) is 5.32 Å². The van der Waals surface area contributed by atoms with Crippen molar-refractivity contribution in [2.45, 2.75) is 19.8 Å². The van der Waals surface area contributed by atoms with Crippen LogP contribution in [0.25, 0.3) is 0 Å². The van der Waals surface area contributed by atoms with Crippen molar-refractivity contribution in [1.29, 1.82) is 0 Å². The first-order valence-electron chi connectivity index (χ1n) is 7.98. The van der Waals surface area contributed by atoms with E-state index in [2.05, 4.69) is 5.32 Å². The number of halogens is 1. The van der Waals surface area contributed by atoms with Crippen LogP contribution in [-0.4, -0.2) is 25.7 Å². The lowest BCUT2D eigenvalue weighted by molar-refractivity contribution is -0.121. The van der Waals surface area contributed by atoms with Gasteiger partial charge in [-0.3, -0.25) is 4.79 Å². The number of rotatable bonds is 9. The summed E-state index contributed by atoms with van der Waals surface area (Å²) in [6.45, 7) is 3.28. The Morgan fingerprint density at radius 1 is 0.958 bits per heavy atom. The van der Waals surface area contributed by atoms with Crippen molar-refractivity contribution in [3.63, 3.8) is 0 Å². The van der Waals surface area contributed by atoms with Crippen LogP contribution in [0.1, 0.15) is 18.4 Å². The van der Waals surface area contributed by atoms with Gasteiger partial charge in [-0.2, -0.15) is 0 Å². The molecule has 0 fully saturated rings. The number of amides is 1. The van der Waals surface area contributed by atoms with E-state index in [1.807, 2.05) is 31.2 Å². The lowest BCUT2D eigenvalue weighted by Crippen LogP contribution is -2.28. The summed E-state index contributed by atoms with van der Waals surface area (Å²) in [7, 11) is 0. The van der Waals surface area contributed by atoms with E-state index >= 15 is 0 Å². The highest BCUT2D eigenvalue weighted by Crippen LogP contribution is 2.12. The molecule has 0 saturated carbocycles. The van der Waals surface area contributed by atoms with Crippen molar-refractivity contribution >= 4 is 5.91 Å². The Morgan fingerprint density at radius 3 is 2.21 bits per heavy atom. The molecule has 1 N–H and O–H groups in total. The molecule has 128 valence electrons. The SMILES string of the molecule is Cc1ccc(OCCCC(=O)NCCOc2ccc(F)cc2)cc1. The number of carbonyl (C=O) groups excluding carboxylic acids is 1. The topological polar surface area (TPSA) is 47.6 Å². The molecule has 0 radical (unpaired) electrons. The molecule has 1 amide bonds. The van der Waals surface area contributed by atoms with Gasteiger partial charge in [0.15, 0.2) is 0 Å². The van der Waals surface area contributed by atoms with E-state index in [1.165, 1.54) is 17.7 Å². The third-order valence-corrected chi connectivity index (χ3v) is 3.34. The fraction of sp³-hybridized carbons (Fsp3) is 0.316. The van der Waals surface area contributed by atoms with E-state index in [-0.39, 0.29) is 11.7 Å². The molecular weight excluding hydrogens is 309 g/mol. The Morgan fingerprint density at radius 2 is 1.54 bits per heavy atom. The first-order chi connectivity index (χ1) is 11.6. The number of ether oxygens (including phenoxy) is 2. The molecule has 2 rings (SSSR count). The molecular formula is C19H22FNO3. The summed E-state index contributed by atoms with van der Waals surface area (Å²) in [5, 5.41) is 2.78. The zero-order chi connectivity index (χ0) is 17.2. The highest BCUT2D eigenvalue weighted by Gasteiger charge is 2.02. The molecule has 0 unspecified atom stereocenters. The molecule has 0 aliphatic carbocycles. The summed E-state index contributed by atoms with van der Waals surface area (Å²) in [4.78, 5) is 11.7. The monoisotopic (exact) mass is 331 g/mol. The zero-order valence-corrected chi connectivity index (χ0v) is 13.8. The summed E-state index contributed by atoms with van der Waals surface area (Å²) < 4.78 is 23.7. The Kier molecular flexibility index (Phi) is 7.08. The summed E-state index contributed by atoms with van der Waals surface area (Å²) in [5.41, 5.74) is 1.18. The van der Waals surface area contributed by atoms with Crippen molar-refractivity contribution in [3.05, 3.63) is 59.9 Å². The molecule has 0 saturated heterocycles. The van der Waals surface area contributed by atoms with Crippen LogP contribution >= 0.6 is 0 Å². The van der Waals surface area contributed by atoms with E-state index in [1.54, 1.807) is 12.1 Å². The van der Waals surface area contributed by atoms with Gasteiger partial charge in [0.2, 0.25) is 5.91 Å². The fourth-order valence-corrected chi connectivity index (χ4v) is 2.04. The smallest absolute Gasteiger partial charge is 0.220 e. The third kappa shape index (κ3) is 6.69. The molecule has 2 aromatic rings. The first kappa shape index (κ1) is 17.8. The number of nitrogens with one attached hydrogen (secondary N) is 1. The predicted octanol–water partition coefficient (Wildman–Crippen LogP) is 3.49. The third-order valence-electron chi connectivity index (χ3n) is 3.34. The molecule has 0 heterocycles. The average molecular weight is 331 g/mol. The highest BCUT2D eigenvalue weighted by molar-refractivity contribution is 5.75. The van der Waals surface area contributed by atoms with Gasteiger partial charge in [0.05, 0.1) is 13.2 Å². The minimum Gasteiger partial charge on any atom is -0.494 e. The number of hydrogen-bond donors (Lipinski definition) is 1. The lowest BCUT2D eigenvalue weighted by atomic mass is 10.2. The van der Waals surface area contributed by atoms with Gasteiger partial charge in [0, 0.05) is 6.42 Å². The minimum absolute atomic E-state index is 0.0368. The summed E-state index contributed by atoms with van der Waals surface area (Å²) in [6.07, 6.45) is 1.06. The Hall–Kier alpha value is -2.56. The van der Waals surface area contributed by atoms with Crippen molar-refractivity contribution in [2.24, 2.45) is 0 Å². The molecule has 5 heteroatoms. The van der Waals surface area contributed by atoms with Crippen LogP contribution in [0.4, 0.5) is 4.39 Å². The number of carbonyl (C=O) groups is 1. The summed E-state index contributed by atoms with van der Waals surface area (Å²) >= 11 is 0. The summed E-state index contributed by atoms with van der Waals surface area (Å²) in [5.74, 6) is 1.06. The van der Waals surface area contributed by atoms with Crippen LogP contribution in [0.5, 0.6) is 11.5 Å². The Bertz CT molecular complexity index is 571. The maximum Gasteiger partial charge on any atom is 0.220 e. The summed E-state index contributed by atoms with van der Waals surface area (Å²) in [6, 6.07) is 13.6. The second-order valence-corrected chi connectivity index (χ2v) is 5.42. The number of aryl methyl sites for hydroxylation is 1. The quantitative estimate of drug-likeness (QED) is 0.716. The fourth-order valence-electron chi connectivity index (χ4n) is 2.04. The maximum absolute atomic E-state index is 12.7. The van der Waals surface area contributed by atoms with Gasteiger partial charge in [-0.25, -0.2) is 4.39 Å². The lowest BCUT2D eigenvalue weighted by Gasteiger charge is -2.08. The van der Waals surface area contributed by atoms with E-state index < -0.39 is 0 Å². The molecule has 0 aliphatic heterocycles. The number of hydrogen-bond acceptors (Lipinski definition) is 3. The van der Waals surface area contributed by atoms with E-state index in [9.17, 15) is 9.18 Å². The standard InChI is InChI=1S/C19H22FNO3/c1-15-4-8-17(9-5-15)23-13-2-3-19(22)21-12-14-24-18-10-6-16(20)7-11-18/h4-11H,2-3,12-14H2,1H3,(H,21,22). The molecule has 24 heavy (non-hydrogen) atoms. The van der Waals surface area contributed by atoms with Gasteiger partial charge in [-0.05, 0) is 49.7 Å². The average Bonchev–Trinajstić information content (AvgIpc) is 2.59. The van der Waals surface area contributed by atoms with Crippen LogP contribution in [0, 0.1) is 12.7 Å². The van der Waals surface area contributed by atoms with Gasteiger partial charge >= 0.3 is 0 Å². The molecule has 0 atom stereocenters. The normalized spacial score (nSPS) is 10.2. The van der Waals surface area contributed by atoms with Gasteiger partial charge in [0.25, 0.3) is 0 Å². The van der Waals surface area contributed by atoms with Crippen LogP contribution in [-0.2, 0) is 4.79 Å². The second kappa shape index (κ2) is 9.55. The molecule has 0 aromatic heterocycles. The van der Waals surface area contributed by atoms with Crippen molar-refractivity contribution in [3.8, 4) is 11.5 Å². The van der Waals surface area contributed by atoms with Crippen LogP contribution < -0.4 is 14.8 Å². The predicted molar refractivity (Wildman–Crippen MR) is 90.8 cm³/mol. The second-order valence-electron chi connectivity index (χ2n) is 5.42. The number of benzene rings is 2. The molecule has 4 nitrogen and oxygen atoms in total. The van der Waals surface area contributed by atoms with Gasteiger partial charge < -0.3 is 14.8 Å². The molecule has 0 bridgehead atoms. The van der Waals surface area contributed by atoms with Crippen LogP contribution in [0.3, 0.4) is 0 Å².